The highest BCUT2D eigenvalue weighted by Gasteiger charge is 2.27. The molecule has 1 N–H and O–H groups in total. The summed E-state index contributed by atoms with van der Waals surface area (Å²) in [5.41, 5.74) is 3.14. The van der Waals surface area contributed by atoms with Gasteiger partial charge in [-0.15, -0.1) is 0 Å². The van der Waals surface area contributed by atoms with Gasteiger partial charge >= 0.3 is 0 Å². The van der Waals surface area contributed by atoms with Crippen LogP contribution in [-0.2, 0) is 11.2 Å². The molecule has 0 saturated carbocycles. The summed E-state index contributed by atoms with van der Waals surface area (Å²) in [6.07, 6.45) is 2.53. The van der Waals surface area contributed by atoms with E-state index in [4.69, 9.17) is 9.72 Å². The van der Waals surface area contributed by atoms with Gasteiger partial charge in [0.15, 0.2) is 0 Å². The van der Waals surface area contributed by atoms with E-state index >= 15 is 0 Å². The van der Waals surface area contributed by atoms with Gasteiger partial charge in [0.05, 0.1) is 13.0 Å². The van der Waals surface area contributed by atoms with Gasteiger partial charge < -0.3 is 15.0 Å². The molecule has 3 aromatic rings. The molecule has 1 aliphatic rings. The van der Waals surface area contributed by atoms with E-state index in [0.29, 0.717) is 13.0 Å². The number of carbonyl (C=O) groups excluding carboxylic acids is 1. The van der Waals surface area contributed by atoms with Crippen molar-refractivity contribution < 1.29 is 9.53 Å². The second-order valence-corrected chi connectivity index (χ2v) is 8.39. The lowest BCUT2D eigenvalue weighted by atomic mass is 9.97. The molecule has 0 aliphatic carbocycles. The van der Waals surface area contributed by atoms with Crippen LogP contribution in [0.3, 0.4) is 0 Å². The predicted molar refractivity (Wildman–Crippen MR) is 120 cm³/mol. The van der Waals surface area contributed by atoms with Gasteiger partial charge in [0.1, 0.15) is 11.6 Å². The maximum Gasteiger partial charge on any atom is 0.229 e. The standard InChI is InChI=1S/C23H26N4O2S/c1-16-8-10-19(11-9-16)24-22(28)18-6-4-12-27(15-18)23-25-21(26-30-23)14-17-5-3-7-20(13-17)29-2/h3,5,7-11,13,18H,4,6,12,14-15H2,1-2H3,(H,24,28)/t18-/m0/s1. The molecule has 4 rings (SSSR count). The monoisotopic (exact) mass is 422 g/mol. The Labute approximate surface area is 181 Å². The molecule has 0 unspecified atom stereocenters. The molecule has 1 fully saturated rings. The first-order chi connectivity index (χ1) is 14.6. The van der Waals surface area contributed by atoms with E-state index in [1.807, 2.05) is 49.4 Å². The molecule has 156 valence electrons. The zero-order chi connectivity index (χ0) is 20.9. The van der Waals surface area contributed by atoms with Crippen molar-refractivity contribution in [3.8, 4) is 5.75 Å². The number of aromatic nitrogens is 2. The van der Waals surface area contributed by atoms with Gasteiger partial charge in [-0.1, -0.05) is 29.8 Å². The first-order valence-electron chi connectivity index (χ1n) is 10.2. The van der Waals surface area contributed by atoms with Gasteiger partial charge in [-0.05, 0) is 49.6 Å². The molecule has 2 aromatic carbocycles. The third kappa shape index (κ3) is 4.97. The summed E-state index contributed by atoms with van der Waals surface area (Å²) in [4.78, 5) is 19.7. The minimum atomic E-state index is -0.0502. The van der Waals surface area contributed by atoms with Crippen LogP contribution in [0.5, 0.6) is 5.75 Å². The Bertz CT molecular complexity index is 1000. The van der Waals surface area contributed by atoms with Crippen LogP contribution in [0.2, 0.25) is 0 Å². The van der Waals surface area contributed by atoms with Crippen molar-refractivity contribution in [3.63, 3.8) is 0 Å². The molecule has 30 heavy (non-hydrogen) atoms. The smallest absolute Gasteiger partial charge is 0.229 e. The lowest BCUT2D eigenvalue weighted by molar-refractivity contribution is -0.120. The molecule has 1 aliphatic heterocycles. The van der Waals surface area contributed by atoms with Crippen LogP contribution in [0.25, 0.3) is 0 Å². The maximum absolute atomic E-state index is 12.8. The minimum absolute atomic E-state index is 0.0502. The molecule has 1 saturated heterocycles. The first kappa shape index (κ1) is 20.3. The van der Waals surface area contributed by atoms with Crippen LogP contribution in [0.1, 0.15) is 29.8 Å². The third-order valence-corrected chi connectivity index (χ3v) is 6.15. The third-order valence-electron chi connectivity index (χ3n) is 5.34. The number of rotatable bonds is 6. The number of ether oxygens (including phenoxy) is 1. The van der Waals surface area contributed by atoms with E-state index in [2.05, 4.69) is 20.7 Å². The predicted octanol–water partition coefficient (Wildman–Crippen LogP) is 4.30. The zero-order valence-electron chi connectivity index (χ0n) is 17.3. The van der Waals surface area contributed by atoms with E-state index in [1.54, 1.807) is 7.11 Å². The highest BCUT2D eigenvalue weighted by molar-refractivity contribution is 7.09. The van der Waals surface area contributed by atoms with E-state index in [1.165, 1.54) is 17.1 Å². The molecule has 6 nitrogen and oxygen atoms in total. The molecule has 0 bridgehead atoms. The Morgan fingerprint density at radius 3 is 2.90 bits per heavy atom. The molecule has 0 spiro atoms. The Morgan fingerprint density at radius 2 is 2.10 bits per heavy atom. The number of methoxy groups -OCH3 is 1. The number of piperidine rings is 1. The summed E-state index contributed by atoms with van der Waals surface area (Å²) < 4.78 is 9.83. The van der Waals surface area contributed by atoms with E-state index in [9.17, 15) is 4.79 Å². The fourth-order valence-corrected chi connectivity index (χ4v) is 4.38. The number of amides is 1. The Kier molecular flexibility index (Phi) is 6.28. The fraction of sp³-hybridized carbons (Fsp3) is 0.348. The van der Waals surface area contributed by atoms with Crippen molar-refractivity contribution in [3.05, 3.63) is 65.5 Å². The molecule has 2 heterocycles. The molecule has 1 aromatic heterocycles. The number of benzene rings is 2. The summed E-state index contributed by atoms with van der Waals surface area (Å²) in [5, 5.41) is 3.94. The topological polar surface area (TPSA) is 67.3 Å². The number of nitrogens with zero attached hydrogens (tertiary/aromatic N) is 3. The average Bonchev–Trinajstić information content (AvgIpc) is 3.24. The Morgan fingerprint density at radius 1 is 1.27 bits per heavy atom. The van der Waals surface area contributed by atoms with Gasteiger partial charge in [-0.3, -0.25) is 4.79 Å². The quantitative estimate of drug-likeness (QED) is 0.641. The van der Waals surface area contributed by atoms with Gasteiger partial charge in [0.2, 0.25) is 11.0 Å². The van der Waals surface area contributed by atoms with Crippen LogP contribution in [0, 0.1) is 12.8 Å². The highest BCUT2D eigenvalue weighted by atomic mass is 32.1. The number of hydrogen-bond donors (Lipinski definition) is 1. The van der Waals surface area contributed by atoms with Gasteiger partial charge in [0.25, 0.3) is 0 Å². The van der Waals surface area contributed by atoms with Crippen molar-refractivity contribution in [2.75, 3.05) is 30.4 Å². The number of nitrogens with one attached hydrogen (secondary N) is 1. The number of anilines is 2. The summed E-state index contributed by atoms with van der Waals surface area (Å²) >= 11 is 1.41. The maximum atomic E-state index is 12.8. The average molecular weight is 423 g/mol. The molecule has 1 amide bonds. The Balaban J connectivity index is 1.38. The summed E-state index contributed by atoms with van der Waals surface area (Å²) in [7, 11) is 1.67. The fourth-order valence-electron chi connectivity index (χ4n) is 3.66. The SMILES string of the molecule is COc1cccc(Cc2nsc(N3CCC[C@H](C(=O)Nc4ccc(C)cc4)C3)n2)c1. The second kappa shape index (κ2) is 9.26. The Hall–Kier alpha value is -2.93. The van der Waals surface area contributed by atoms with Crippen LogP contribution >= 0.6 is 11.5 Å². The molecule has 1 atom stereocenters. The molecular formula is C23H26N4O2S. The van der Waals surface area contributed by atoms with E-state index in [-0.39, 0.29) is 11.8 Å². The van der Waals surface area contributed by atoms with Crippen LogP contribution in [0.15, 0.2) is 48.5 Å². The van der Waals surface area contributed by atoms with Crippen LogP contribution < -0.4 is 15.0 Å². The normalized spacial score (nSPS) is 16.3. The highest BCUT2D eigenvalue weighted by Crippen LogP contribution is 2.26. The first-order valence-corrected chi connectivity index (χ1v) is 11.0. The van der Waals surface area contributed by atoms with Crippen LogP contribution in [-0.4, -0.2) is 35.5 Å². The molecule has 0 radical (unpaired) electrons. The lowest BCUT2D eigenvalue weighted by Gasteiger charge is -2.31. The lowest BCUT2D eigenvalue weighted by Crippen LogP contribution is -2.40. The van der Waals surface area contributed by atoms with E-state index < -0.39 is 0 Å². The van der Waals surface area contributed by atoms with Crippen molar-refractivity contribution in [1.82, 2.24) is 9.36 Å². The number of aryl methyl sites for hydroxylation is 1. The minimum Gasteiger partial charge on any atom is -0.497 e. The van der Waals surface area contributed by atoms with Crippen molar-refractivity contribution in [2.45, 2.75) is 26.2 Å². The van der Waals surface area contributed by atoms with Gasteiger partial charge in [0, 0.05) is 36.7 Å². The van der Waals surface area contributed by atoms with E-state index in [0.717, 1.165) is 47.3 Å². The molecular weight excluding hydrogens is 396 g/mol. The summed E-state index contributed by atoms with van der Waals surface area (Å²) in [6.45, 7) is 3.61. The second-order valence-electron chi connectivity index (χ2n) is 7.66. The van der Waals surface area contributed by atoms with Crippen molar-refractivity contribution in [2.24, 2.45) is 5.92 Å². The summed E-state index contributed by atoms with van der Waals surface area (Å²) in [5.74, 6) is 1.66. The zero-order valence-corrected chi connectivity index (χ0v) is 18.1. The van der Waals surface area contributed by atoms with Gasteiger partial charge in [-0.2, -0.15) is 4.37 Å². The van der Waals surface area contributed by atoms with Gasteiger partial charge in [-0.25, -0.2) is 4.98 Å². The van der Waals surface area contributed by atoms with Crippen LogP contribution in [0.4, 0.5) is 10.8 Å². The number of hydrogen-bond acceptors (Lipinski definition) is 6. The number of carbonyl (C=O) groups is 1. The summed E-state index contributed by atoms with van der Waals surface area (Å²) in [6, 6.07) is 15.9. The largest absolute Gasteiger partial charge is 0.497 e. The van der Waals surface area contributed by atoms with Crippen molar-refractivity contribution in [1.29, 1.82) is 0 Å². The molecule has 7 heteroatoms. The van der Waals surface area contributed by atoms with Crippen molar-refractivity contribution >= 4 is 28.3 Å².